The van der Waals surface area contributed by atoms with E-state index in [-0.39, 0.29) is 34.6 Å². The van der Waals surface area contributed by atoms with Crippen LogP contribution in [0.3, 0.4) is 0 Å². The van der Waals surface area contributed by atoms with Crippen LogP contribution in [0, 0.1) is 23.5 Å². The Balaban J connectivity index is 1.23. The second-order valence-electron chi connectivity index (χ2n) is 9.34. The Labute approximate surface area is 184 Å². The van der Waals surface area contributed by atoms with Crippen molar-refractivity contribution in [2.75, 3.05) is 13.1 Å². The summed E-state index contributed by atoms with van der Waals surface area (Å²) in [5.41, 5.74) is 0.611. The molecule has 1 amide bonds. The minimum absolute atomic E-state index is 0.0192. The topological polar surface area (TPSA) is 59.2 Å². The fourth-order valence-corrected chi connectivity index (χ4v) is 5.82. The van der Waals surface area contributed by atoms with Gasteiger partial charge in [-0.15, -0.1) is 0 Å². The van der Waals surface area contributed by atoms with E-state index in [2.05, 4.69) is 5.16 Å². The van der Waals surface area contributed by atoms with Gasteiger partial charge in [-0.1, -0.05) is 48.0 Å². The van der Waals surface area contributed by atoms with Gasteiger partial charge in [-0.3, -0.25) is 4.79 Å². The molecule has 6 rings (SSSR count). The molecule has 4 atom stereocenters. The third-order valence-electron chi connectivity index (χ3n) is 7.54. The fraction of sp³-hybridized carbons (Fsp3) is 0.400. The van der Waals surface area contributed by atoms with Crippen molar-refractivity contribution in [3.05, 3.63) is 71.6 Å². The highest BCUT2D eigenvalue weighted by molar-refractivity contribution is 5.83. The van der Waals surface area contributed by atoms with Crippen molar-refractivity contribution < 1.29 is 18.1 Å². The summed E-state index contributed by atoms with van der Waals surface area (Å²) in [7, 11) is 0. The van der Waals surface area contributed by atoms with E-state index in [1.54, 1.807) is 0 Å². The van der Waals surface area contributed by atoms with E-state index in [1.807, 2.05) is 35.2 Å². The van der Waals surface area contributed by atoms with Crippen molar-refractivity contribution in [1.82, 2.24) is 15.0 Å². The Morgan fingerprint density at radius 1 is 1.09 bits per heavy atom. The number of rotatable bonds is 4. The first-order chi connectivity index (χ1) is 15.6. The van der Waals surface area contributed by atoms with Gasteiger partial charge in [0.15, 0.2) is 0 Å². The van der Waals surface area contributed by atoms with Crippen LogP contribution in [-0.2, 0) is 10.2 Å². The second kappa shape index (κ2) is 7.22. The van der Waals surface area contributed by atoms with E-state index in [1.165, 1.54) is 18.2 Å². The van der Waals surface area contributed by atoms with Gasteiger partial charge >= 0.3 is 0 Å². The molecule has 3 aromatic rings. The molecule has 32 heavy (non-hydrogen) atoms. The number of amides is 1. The maximum Gasteiger partial charge on any atom is 0.235 e. The zero-order valence-corrected chi connectivity index (χ0v) is 17.5. The maximum atomic E-state index is 14.2. The minimum atomic E-state index is -0.570. The van der Waals surface area contributed by atoms with Gasteiger partial charge in [0.2, 0.25) is 17.6 Å². The van der Waals surface area contributed by atoms with Crippen molar-refractivity contribution >= 4 is 5.91 Å². The van der Waals surface area contributed by atoms with Crippen LogP contribution in [-0.4, -0.2) is 34.0 Å². The second-order valence-corrected chi connectivity index (χ2v) is 9.34. The highest BCUT2D eigenvalue weighted by Gasteiger charge is 2.58. The fourth-order valence-electron chi connectivity index (χ4n) is 5.82. The molecule has 5 nitrogen and oxygen atoms in total. The van der Waals surface area contributed by atoms with E-state index in [4.69, 9.17) is 9.51 Å². The van der Waals surface area contributed by atoms with Gasteiger partial charge in [0.25, 0.3) is 0 Å². The van der Waals surface area contributed by atoms with E-state index in [0.717, 1.165) is 24.8 Å². The largest absolute Gasteiger partial charge is 0.341 e. The number of aromatic nitrogens is 2. The average Bonchev–Trinajstić information content (AvgIpc) is 3.13. The molecular weight excluding hydrogens is 412 g/mol. The molecule has 0 radical (unpaired) electrons. The highest BCUT2D eigenvalue weighted by atomic mass is 19.1. The van der Waals surface area contributed by atoms with Crippen LogP contribution in [0.4, 0.5) is 8.78 Å². The summed E-state index contributed by atoms with van der Waals surface area (Å²) in [5, 5.41) is 4.20. The molecular formula is C25H23F2N3O2. The SMILES string of the molecule is O=C([C@H]1C[C@H]1c1c(F)cccc1F)N1C[C@H]2CCC[C@@]2(c2nc(-c3ccccc3)no2)C1. The van der Waals surface area contributed by atoms with Crippen LogP contribution in [0.1, 0.15) is 43.1 Å². The van der Waals surface area contributed by atoms with E-state index in [9.17, 15) is 13.6 Å². The van der Waals surface area contributed by atoms with Crippen LogP contribution in [0.25, 0.3) is 11.4 Å². The van der Waals surface area contributed by atoms with E-state index < -0.39 is 11.6 Å². The zero-order chi connectivity index (χ0) is 21.9. The quantitative estimate of drug-likeness (QED) is 0.596. The third-order valence-corrected chi connectivity index (χ3v) is 7.54. The minimum Gasteiger partial charge on any atom is -0.341 e. The molecule has 0 unspecified atom stereocenters. The molecule has 0 spiro atoms. The molecule has 1 aliphatic heterocycles. The Hall–Kier alpha value is -3.09. The molecule has 0 N–H and O–H groups in total. The van der Waals surface area contributed by atoms with Gasteiger partial charge in [0.1, 0.15) is 11.6 Å². The lowest BCUT2D eigenvalue weighted by atomic mass is 9.80. The van der Waals surface area contributed by atoms with Gasteiger partial charge < -0.3 is 9.42 Å². The van der Waals surface area contributed by atoms with Crippen molar-refractivity contribution in [3.8, 4) is 11.4 Å². The van der Waals surface area contributed by atoms with Gasteiger partial charge in [-0.25, -0.2) is 8.78 Å². The first kappa shape index (κ1) is 19.6. The Morgan fingerprint density at radius 2 is 1.88 bits per heavy atom. The Morgan fingerprint density at radius 3 is 2.66 bits per heavy atom. The van der Waals surface area contributed by atoms with Crippen LogP contribution in [0.5, 0.6) is 0 Å². The summed E-state index contributed by atoms with van der Waals surface area (Å²) in [4.78, 5) is 19.8. The highest BCUT2D eigenvalue weighted by Crippen LogP contribution is 2.54. The number of benzene rings is 2. The first-order valence-corrected chi connectivity index (χ1v) is 11.2. The molecule has 0 bridgehead atoms. The Kier molecular flexibility index (Phi) is 4.42. The van der Waals surface area contributed by atoms with Gasteiger partial charge in [0, 0.05) is 36.1 Å². The number of likely N-dealkylation sites (tertiary alicyclic amines) is 1. The lowest BCUT2D eigenvalue weighted by Crippen LogP contribution is -2.35. The molecule has 1 aromatic heterocycles. The normalized spacial score (nSPS) is 28.7. The van der Waals surface area contributed by atoms with E-state index in [0.29, 0.717) is 31.2 Å². The lowest BCUT2D eigenvalue weighted by Gasteiger charge is -2.24. The number of halogens is 2. The predicted octanol–water partition coefficient (Wildman–Crippen LogP) is 4.70. The van der Waals surface area contributed by atoms with Crippen molar-refractivity contribution in [3.63, 3.8) is 0 Å². The van der Waals surface area contributed by atoms with Crippen LogP contribution < -0.4 is 0 Å². The third kappa shape index (κ3) is 2.98. The molecule has 7 heteroatoms. The molecule has 3 aliphatic rings. The molecule has 2 heterocycles. The summed E-state index contributed by atoms with van der Waals surface area (Å²) < 4.78 is 34.1. The first-order valence-electron chi connectivity index (χ1n) is 11.2. The van der Waals surface area contributed by atoms with Gasteiger partial charge in [0.05, 0.1) is 5.41 Å². The molecule has 2 saturated carbocycles. The molecule has 3 fully saturated rings. The predicted molar refractivity (Wildman–Crippen MR) is 113 cm³/mol. The van der Waals surface area contributed by atoms with Crippen molar-refractivity contribution in [2.45, 2.75) is 37.0 Å². The molecule has 2 aromatic carbocycles. The average molecular weight is 435 g/mol. The Bertz CT molecular complexity index is 1160. The lowest BCUT2D eigenvalue weighted by molar-refractivity contribution is -0.132. The molecule has 2 aliphatic carbocycles. The van der Waals surface area contributed by atoms with Crippen molar-refractivity contribution in [2.24, 2.45) is 11.8 Å². The van der Waals surface area contributed by atoms with Crippen LogP contribution in [0.2, 0.25) is 0 Å². The van der Waals surface area contributed by atoms with E-state index >= 15 is 0 Å². The molecule has 164 valence electrons. The number of fused-ring (bicyclic) bond motifs is 1. The number of carbonyl (C=O) groups is 1. The van der Waals surface area contributed by atoms with Crippen LogP contribution in [0.15, 0.2) is 53.1 Å². The number of carbonyl (C=O) groups excluding carboxylic acids is 1. The zero-order valence-electron chi connectivity index (χ0n) is 17.5. The summed E-state index contributed by atoms with van der Waals surface area (Å²) in [6, 6.07) is 13.6. The summed E-state index contributed by atoms with van der Waals surface area (Å²) in [5.74, 6) is -0.483. The number of hydrogen-bond acceptors (Lipinski definition) is 4. The monoisotopic (exact) mass is 435 g/mol. The summed E-state index contributed by atoms with van der Waals surface area (Å²) in [6.07, 6.45) is 3.45. The van der Waals surface area contributed by atoms with Crippen LogP contribution >= 0.6 is 0 Å². The van der Waals surface area contributed by atoms with Gasteiger partial charge in [-0.2, -0.15) is 4.98 Å². The smallest absolute Gasteiger partial charge is 0.235 e. The summed E-state index contributed by atoms with van der Waals surface area (Å²) >= 11 is 0. The van der Waals surface area contributed by atoms with Gasteiger partial charge in [-0.05, 0) is 37.3 Å². The van der Waals surface area contributed by atoms with Crippen molar-refractivity contribution in [1.29, 1.82) is 0 Å². The standard InChI is InChI=1S/C25H23F2N3O2/c26-19-9-4-10-20(27)21(19)17-12-18(17)23(31)30-13-16-8-5-11-25(16,14-30)24-28-22(29-32-24)15-6-2-1-3-7-15/h1-4,6-7,9-10,16-18H,5,8,11-14H2/t16-,17-,18+,25-/m1/s1. The summed E-state index contributed by atoms with van der Waals surface area (Å²) in [6.45, 7) is 1.15. The molecule has 1 saturated heterocycles. The maximum absolute atomic E-state index is 14.2. The number of hydrogen-bond donors (Lipinski definition) is 0. The number of nitrogens with zero attached hydrogens (tertiary/aromatic N) is 3.